The molecule has 1 aliphatic heterocycles. The van der Waals surface area contributed by atoms with Crippen molar-refractivity contribution in [2.45, 2.75) is 26.3 Å². The number of aromatic hydroxyl groups is 1. The van der Waals surface area contributed by atoms with Crippen LogP contribution < -0.4 is 0 Å². The summed E-state index contributed by atoms with van der Waals surface area (Å²) < 4.78 is 0. The predicted molar refractivity (Wildman–Crippen MR) is 80.0 cm³/mol. The Morgan fingerprint density at radius 2 is 1.90 bits per heavy atom. The van der Waals surface area contributed by atoms with E-state index < -0.39 is 5.54 Å². The van der Waals surface area contributed by atoms with E-state index in [1.807, 2.05) is 26.8 Å². The largest absolute Gasteiger partial charge is 0.507 e. The fraction of sp³-hybridized carbons (Fsp3) is 0.500. The molecule has 1 aliphatic rings. The highest BCUT2D eigenvalue weighted by Gasteiger charge is 2.31. The molecule has 21 heavy (non-hydrogen) atoms. The number of piperazine rings is 1. The summed E-state index contributed by atoms with van der Waals surface area (Å²) in [5, 5.41) is 19.1. The first-order valence-corrected chi connectivity index (χ1v) is 7.10. The number of phenols is 1. The molecule has 1 N–H and O–H groups in total. The molecule has 0 aliphatic carbocycles. The molecule has 0 spiro atoms. The lowest BCUT2D eigenvalue weighted by atomic mass is 10.0. The second-order valence-corrected chi connectivity index (χ2v) is 5.97. The molecule has 0 unspecified atom stereocenters. The molecular weight excluding hydrogens is 266 g/mol. The lowest BCUT2D eigenvalue weighted by Crippen LogP contribution is -2.55. The lowest BCUT2D eigenvalue weighted by molar-refractivity contribution is 0.0518. The van der Waals surface area contributed by atoms with E-state index >= 15 is 0 Å². The molecule has 0 aromatic heterocycles. The van der Waals surface area contributed by atoms with Gasteiger partial charge in [-0.1, -0.05) is 6.07 Å². The summed E-state index contributed by atoms with van der Waals surface area (Å²) in [5.74, 6) is -0.123. The summed E-state index contributed by atoms with van der Waals surface area (Å²) in [4.78, 5) is 16.2. The average Bonchev–Trinajstić information content (AvgIpc) is 2.47. The molecule has 1 amide bonds. The minimum atomic E-state index is -0.513. The van der Waals surface area contributed by atoms with E-state index in [0.29, 0.717) is 31.7 Å². The van der Waals surface area contributed by atoms with Crippen LogP contribution in [-0.2, 0) is 0 Å². The number of aryl methyl sites for hydroxylation is 1. The molecule has 1 aromatic carbocycles. The Hall–Kier alpha value is -2.06. The topological polar surface area (TPSA) is 67.6 Å². The number of benzene rings is 1. The van der Waals surface area contributed by atoms with Gasteiger partial charge in [0.25, 0.3) is 5.91 Å². The average molecular weight is 287 g/mol. The van der Waals surface area contributed by atoms with Gasteiger partial charge in [-0.15, -0.1) is 0 Å². The fourth-order valence-electron chi connectivity index (χ4n) is 2.53. The molecule has 1 heterocycles. The molecule has 0 saturated carbocycles. The standard InChI is InChI=1S/C16H21N3O2/c1-12-4-5-13(14(20)10-12)15(21)18-6-8-19(9-7-18)16(2,3)11-17/h4-5,10,20H,6-9H2,1-3H3. The van der Waals surface area contributed by atoms with Crippen molar-refractivity contribution in [1.29, 1.82) is 5.26 Å². The first kappa shape index (κ1) is 15.3. The van der Waals surface area contributed by atoms with E-state index in [9.17, 15) is 9.90 Å². The van der Waals surface area contributed by atoms with Crippen molar-refractivity contribution in [1.82, 2.24) is 9.80 Å². The number of nitriles is 1. The Balaban J connectivity index is 2.06. The van der Waals surface area contributed by atoms with Crippen LogP contribution in [0.5, 0.6) is 5.75 Å². The van der Waals surface area contributed by atoms with Gasteiger partial charge in [-0.25, -0.2) is 0 Å². The number of carbonyl (C=O) groups excluding carboxylic acids is 1. The van der Waals surface area contributed by atoms with Gasteiger partial charge >= 0.3 is 0 Å². The van der Waals surface area contributed by atoms with Gasteiger partial charge < -0.3 is 10.0 Å². The van der Waals surface area contributed by atoms with E-state index in [2.05, 4.69) is 11.0 Å². The monoisotopic (exact) mass is 287 g/mol. The van der Waals surface area contributed by atoms with Crippen LogP contribution in [0.15, 0.2) is 18.2 Å². The molecule has 1 saturated heterocycles. The number of rotatable bonds is 2. The van der Waals surface area contributed by atoms with Crippen molar-refractivity contribution >= 4 is 5.91 Å². The van der Waals surface area contributed by atoms with E-state index in [0.717, 1.165) is 5.56 Å². The SMILES string of the molecule is Cc1ccc(C(=O)N2CCN(C(C)(C)C#N)CC2)c(O)c1. The summed E-state index contributed by atoms with van der Waals surface area (Å²) in [6, 6.07) is 7.37. The number of hydrogen-bond acceptors (Lipinski definition) is 4. The van der Waals surface area contributed by atoms with E-state index in [1.54, 1.807) is 17.0 Å². The van der Waals surface area contributed by atoms with Gasteiger partial charge in [0, 0.05) is 26.2 Å². The summed E-state index contributed by atoms with van der Waals surface area (Å²) in [5.41, 5.74) is 0.749. The van der Waals surface area contributed by atoms with Gasteiger partial charge in [0.15, 0.2) is 0 Å². The summed E-state index contributed by atoms with van der Waals surface area (Å²) in [7, 11) is 0. The summed E-state index contributed by atoms with van der Waals surface area (Å²) in [6.07, 6.45) is 0. The lowest BCUT2D eigenvalue weighted by Gasteiger charge is -2.40. The van der Waals surface area contributed by atoms with Crippen molar-refractivity contribution in [2.75, 3.05) is 26.2 Å². The molecule has 0 radical (unpaired) electrons. The molecule has 112 valence electrons. The fourth-order valence-corrected chi connectivity index (χ4v) is 2.53. The Morgan fingerprint density at radius 1 is 1.29 bits per heavy atom. The maximum atomic E-state index is 12.4. The Labute approximate surface area is 125 Å². The van der Waals surface area contributed by atoms with Crippen LogP contribution in [0.2, 0.25) is 0 Å². The summed E-state index contributed by atoms with van der Waals surface area (Å²) >= 11 is 0. The summed E-state index contributed by atoms with van der Waals surface area (Å²) in [6.45, 7) is 8.11. The molecule has 1 aromatic rings. The third-order valence-corrected chi connectivity index (χ3v) is 4.01. The van der Waals surface area contributed by atoms with Crippen LogP contribution >= 0.6 is 0 Å². The number of carbonyl (C=O) groups is 1. The highest BCUT2D eigenvalue weighted by molar-refractivity contribution is 5.97. The van der Waals surface area contributed by atoms with Crippen LogP contribution in [0.4, 0.5) is 0 Å². The Bertz CT molecular complexity index is 582. The van der Waals surface area contributed by atoms with Gasteiger partial charge in [0.05, 0.1) is 11.6 Å². The molecule has 2 rings (SSSR count). The molecule has 0 bridgehead atoms. The van der Waals surface area contributed by atoms with Gasteiger partial charge in [0.2, 0.25) is 0 Å². The molecule has 5 nitrogen and oxygen atoms in total. The Morgan fingerprint density at radius 3 is 2.43 bits per heavy atom. The van der Waals surface area contributed by atoms with Crippen LogP contribution in [0, 0.1) is 18.3 Å². The zero-order valence-electron chi connectivity index (χ0n) is 12.8. The molecule has 1 fully saturated rings. The van der Waals surface area contributed by atoms with Gasteiger partial charge in [-0.2, -0.15) is 5.26 Å². The van der Waals surface area contributed by atoms with Crippen LogP contribution in [0.25, 0.3) is 0 Å². The third kappa shape index (κ3) is 3.17. The van der Waals surface area contributed by atoms with Crippen molar-refractivity contribution in [3.8, 4) is 11.8 Å². The third-order valence-electron chi connectivity index (χ3n) is 4.01. The van der Waals surface area contributed by atoms with E-state index in [4.69, 9.17) is 5.26 Å². The van der Waals surface area contributed by atoms with Gasteiger partial charge in [-0.05, 0) is 38.5 Å². The van der Waals surface area contributed by atoms with Crippen LogP contribution in [0.3, 0.4) is 0 Å². The van der Waals surface area contributed by atoms with Gasteiger partial charge in [-0.3, -0.25) is 9.69 Å². The number of nitrogens with zero attached hydrogens (tertiary/aromatic N) is 3. The van der Waals surface area contributed by atoms with Crippen LogP contribution in [-0.4, -0.2) is 52.5 Å². The van der Waals surface area contributed by atoms with Crippen molar-refractivity contribution in [2.24, 2.45) is 0 Å². The number of phenolic OH excluding ortho intramolecular Hbond substituents is 1. The molecule has 0 atom stereocenters. The number of hydrogen-bond donors (Lipinski definition) is 1. The minimum Gasteiger partial charge on any atom is -0.507 e. The second kappa shape index (κ2) is 5.74. The Kier molecular flexibility index (Phi) is 4.19. The van der Waals surface area contributed by atoms with Crippen molar-refractivity contribution < 1.29 is 9.90 Å². The first-order chi connectivity index (χ1) is 9.85. The quantitative estimate of drug-likeness (QED) is 0.900. The zero-order chi connectivity index (χ0) is 15.6. The predicted octanol–water partition coefficient (Wildman–Crippen LogP) is 1.76. The molecular formula is C16H21N3O2. The molecule has 5 heteroatoms. The minimum absolute atomic E-state index is 0.0276. The normalized spacial score (nSPS) is 16.6. The highest BCUT2D eigenvalue weighted by atomic mass is 16.3. The number of amides is 1. The van der Waals surface area contributed by atoms with E-state index in [1.165, 1.54) is 0 Å². The zero-order valence-corrected chi connectivity index (χ0v) is 12.8. The second-order valence-electron chi connectivity index (χ2n) is 5.97. The maximum Gasteiger partial charge on any atom is 0.257 e. The highest BCUT2D eigenvalue weighted by Crippen LogP contribution is 2.22. The van der Waals surface area contributed by atoms with Crippen molar-refractivity contribution in [3.63, 3.8) is 0 Å². The maximum absolute atomic E-state index is 12.4. The van der Waals surface area contributed by atoms with Crippen molar-refractivity contribution in [3.05, 3.63) is 29.3 Å². The first-order valence-electron chi connectivity index (χ1n) is 7.10. The van der Waals surface area contributed by atoms with E-state index in [-0.39, 0.29) is 11.7 Å². The van der Waals surface area contributed by atoms with Crippen LogP contribution in [0.1, 0.15) is 29.8 Å². The smallest absolute Gasteiger partial charge is 0.257 e. The van der Waals surface area contributed by atoms with Gasteiger partial charge in [0.1, 0.15) is 11.3 Å².